The van der Waals surface area contributed by atoms with Gasteiger partial charge in [-0.3, -0.25) is 15.0 Å². The van der Waals surface area contributed by atoms with Gasteiger partial charge in [-0.05, 0) is 43.5 Å². The summed E-state index contributed by atoms with van der Waals surface area (Å²) in [5, 5.41) is 7.29. The highest BCUT2D eigenvalue weighted by molar-refractivity contribution is 5.90. The number of anilines is 2. The Morgan fingerprint density at radius 2 is 2.00 bits per heavy atom. The maximum atomic E-state index is 12.5. The van der Waals surface area contributed by atoms with Gasteiger partial charge in [-0.15, -0.1) is 5.10 Å². The number of rotatable bonds is 5. The molecule has 3 heterocycles. The van der Waals surface area contributed by atoms with Crippen molar-refractivity contribution in [1.82, 2.24) is 24.5 Å². The molecule has 8 heteroatoms. The van der Waals surface area contributed by atoms with Crippen molar-refractivity contribution in [3.05, 3.63) is 47.8 Å². The molecule has 2 aromatic heterocycles. The highest BCUT2D eigenvalue weighted by atomic mass is 16.2. The van der Waals surface area contributed by atoms with Crippen molar-refractivity contribution in [3.63, 3.8) is 0 Å². The van der Waals surface area contributed by atoms with Crippen LogP contribution in [0.25, 0.3) is 5.78 Å². The molecule has 8 nitrogen and oxygen atoms in total. The number of nitrogens with one attached hydrogen (secondary N) is 1. The molecule has 1 aromatic carbocycles. The van der Waals surface area contributed by atoms with Crippen LogP contribution in [0.4, 0.5) is 11.6 Å². The fourth-order valence-electron chi connectivity index (χ4n) is 3.91. The van der Waals surface area contributed by atoms with E-state index in [9.17, 15) is 4.79 Å². The third-order valence-electron chi connectivity index (χ3n) is 5.62. The lowest BCUT2D eigenvalue weighted by Crippen LogP contribution is -2.48. The molecule has 29 heavy (non-hydrogen) atoms. The zero-order valence-corrected chi connectivity index (χ0v) is 16.6. The van der Waals surface area contributed by atoms with Crippen LogP contribution in [0.15, 0.2) is 36.5 Å². The molecular weight excluding hydrogens is 366 g/mol. The number of hydrogen-bond acceptors (Lipinski definition) is 6. The van der Waals surface area contributed by atoms with Crippen molar-refractivity contribution in [2.24, 2.45) is 0 Å². The van der Waals surface area contributed by atoms with Gasteiger partial charge in [-0.1, -0.05) is 12.1 Å². The van der Waals surface area contributed by atoms with Crippen LogP contribution >= 0.6 is 0 Å². The number of piperazine rings is 1. The lowest BCUT2D eigenvalue weighted by molar-refractivity contribution is -0.117. The van der Waals surface area contributed by atoms with E-state index in [1.807, 2.05) is 6.07 Å². The Kier molecular flexibility index (Phi) is 4.63. The number of fused-ring (bicyclic) bond motifs is 1. The fraction of sp³-hybridized carbons (Fsp3) is 0.429. The first-order valence-electron chi connectivity index (χ1n) is 10.2. The fourth-order valence-corrected chi connectivity index (χ4v) is 3.91. The molecule has 1 aliphatic carbocycles. The summed E-state index contributed by atoms with van der Waals surface area (Å²) in [5.74, 6) is 1.32. The third kappa shape index (κ3) is 3.93. The lowest BCUT2D eigenvalue weighted by atomic mass is 10.2. The van der Waals surface area contributed by atoms with Crippen molar-refractivity contribution in [3.8, 4) is 0 Å². The summed E-state index contributed by atoms with van der Waals surface area (Å²) in [4.78, 5) is 25.7. The van der Waals surface area contributed by atoms with E-state index in [2.05, 4.69) is 61.4 Å². The van der Waals surface area contributed by atoms with E-state index in [1.165, 1.54) is 24.1 Å². The first-order valence-corrected chi connectivity index (χ1v) is 10.2. The predicted octanol–water partition coefficient (Wildman–Crippen LogP) is 2.07. The van der Waals surface area contributed by atoms with Crippen LogP contribution in [0.2, 0.25) is 0 Å². The Hall–Kier alpha value is -3.00. The van der Waals surface area contributed by atoms with Crippen molar-refractivity contribution in [2.75, 3.05) is 42.9 Å². The Morgan fingerprint density at radius 1 is 1.17 bits per heavy atom. The van der Waals surface area contributed by atoms with Gasteiger partial charge in [0.05, 0.1) is 12.2 Å². The van der Waals surface area contributed by atoms with Gasteiger partial charge >= 0.3 is 0 Å². The van der Waals surface area contributed by atoms with Crippen LogP contribution in [0.1, 0.15) is 30.0 Å². The number of hydrogen-bond donors (Lipinski definition) is 1. The quantitative estimate of drug-likeness (QED) is 0.717. The summed E-state index contributed by atoms with van der Waals surface area (Å²) in [6.45, 7) is 6.00. The third-order valence-corrected chi connectivity index (χ3v) is 5.62. The molecule has 0 atom stereocenters. The number of aromatic nitrogens is 4. The van der Waals surface area contributed by atoms with E-state index in [0.29, 0.717) is 24.2 Å². The summed E-state index contributed by atoms with van der Waals surface area (Å²) < 4.78 is 1.76. The van der Waals surface area contributed by atoms with Crippen LogP contribution in [0, 0.1) is 6.92 Å². The number of carbonyl (C=O) groups is 1. The molecule has 5 rings (SSSR count). The second-order valence-electron chi connectivity index (χ2n) is 7.94. The molecule has 1 saturated carbocycles. The number of carbonyl (C=O) groups excluding carboxylic acids is 1. The van der Waals surface area contributed by atoms with Gasteiger partial charge in [-0.25, -0.2) is 4.98 Å². The summed E-state index contributed by atoms with van der Waals surface area (Å²) >= 11 is 0. The molecule has 2 aliphatic rings. The highest BCUT2D eigenvalue weighted by Crippen LogP contribution is 2.39. The summed E-state index contributed by atoms with van der Waals surface area (Å²) in [6, 6.07) is 10.5. The van der Waals surface area contributed by atoms with E-state index < -0.39 is 0 Å². The zero-order valence-electron chi connectivity index (χ0n) is 16.6. The largest absolute Gasteiger partial charge is 0.369 e. The first kappa shape index (κ1) is 18.1. The van der Waals surface area contributed by atoms with Crippen LogP contribution in [0.3, 0.4) is 0 Å². The average molecular weight is 391 g/mol. The van der Waals surface area contributed by atoms with E-state index in [1.54, 1.807) is 10.7 Å². The molecule has 0 radical (unpaired) electrons. The van der Waals surface area contributed by atoms with Gasteiger partial charge in [0.1, 0.15) is 0 Å². The molecule has 0 unspecified atom stereocenters. The summed E-state index contributed by atoms with van der Waals surface area (Å²) in [6.07, 6.45) is 4.11. The second kappa shape index (κ2) is 7.44. The molecule has 0 bridgehead atoms. The SMILES string of the molecule is Cc1cccc(N2CCN(CC(=O)Nc3nc4nccc(C5CC5)n4n3)CC2)c1. The molecule has 1 aliphatic heterocycles. The van der Waals surface area contributed by atoms with Gasteiger partial charge in [0.25, 0.3) is 11.7 Å². The topological polar surface area (TPSA) is 78.7 Å². The maximum Gasteiger partial charge on any atom is 0.254 e. The lowest BCUT2D eigenvalue weighted by Gasteiger charge is -2.35. The number of nitrogens with zero attached hydrogens (tertiary/aromatic N) is 6. The normalized spacial score (nSPS) is 17.6. The molecule has 1 amide bonds. The minimum atomic E-state index is -0.0853. The van der Waals surface area contributed by atoms with Crippen molar-refractivity contribution in [1.29, 1.82) is 0 Å². The van der Waals surface area contributed by atoms with Gasteiger partial charge in [0.2, 0.25) is 5.91 Å². The number of amides is 1. The van der Waals surface area contributed by atoms with Gasteiger partial charge in [0, 0.05) is 44.0 Å². The Balaban J connectivity index is 1.18. The van der Waals surface area contributed by atoms with Gasteiger partial charge in [-0.2, -0.15) is 9.50 Å². The van der Waals surface area contributed by atoms with E-state index in [4.69, 9.17) is 0 Å². The Bertz CT molecular complexity index is 1030. The zero-order chi connectivity index (χ0) is 19.8. The molecular formula is C21H25N7O. The van der Waals surface area contributed by atoms with Crippen LogP contribution in [-0.2, 0) is 4.79 Å². The predicted molar refractivity (Wildman–Crippen MR) is 111 cm³/mol. The molecule has 1 N–H and O–H groups in total. The number of aryl methyl sites for hydroxylation is 1. The number of benzene rings is 1. The van der Waals surface area contributed by atoms with E-state index in [-0.39, 0.29) is 5.91 Å². The Labute approximate surface area is 169 Å². The second-order valence-corrected chi connectivity index (χ2v) is 7.94. The van der Waals surface area contributed by atoms with Crippen molar-refractivity contribution >= 4 is 23.3 Å². The highest BCUT2D eigenvalue weighted by Gasteiger charge is 2.27. The molecule has 3 aromatic rings. The van der Waals surface area contributed by atoms with Crippen LogP contribution in [0.5, 0.6) is 0 Å². The average Bonchev–Trinajstić information content (AvgIpc) is 3.47. The molecule has 2 fully saturated rings. The smallest absolute Gasteiger partial charge is 0.254 e. The Morgan fingerprint density at radius 3 is 2.76 bits per heavy atom. The summed E-state index contributed by atoms with van der Waals surface area (Å²) in [7, 11) is 0. The molecule has 1 saturated heterocycles. The first-order chi connectivity index (χ1) is 14.2. The van der Waals surface area contributed by atoms with E-state index >= 15 is 0 Å². The van der Waals surface area contributed by atoms with Crippen LogP contribution < -0.4 is 10.2 Å². The van der Waals surface area contributed by atoms with Gasteiger partial charge in [0.15, 0.2) is 0 Å². The molecule has 0 spiro atoms. The van der Waals surface area contributed by atoms with Crippen molar-refractivity contribution in [2.45, 2.75) is 25.7 Å². The van der Waals surface area contributed by atoms with Crippen LogP contribution in [-0.4, -0.2) is 63.1 Å². The minimum absolute atomic E-state index is 0.0853. The maximum absolute atomic E-state index is 12.5. The minimum Gasteiger partial charge on any atom is -0.369 e. The monoisotopic (exact) mass is 391 g/mol. The summed E-state index contributed by atoms with van der Waals surface area (Å²) in [5.41, 5.74) is 3.64. The van der Waals surface area contributed by atoms with Gasteiger partial charge < -0.3 is 4.90 Å². The standard InChI is InChI=1S/C21H25N7O/c1-15-3-2-4-17(13-15)27-11-9-26(10-12-27)14-19(29)23-20-24-21-22-8-7-18(16-5-6-16)28(21)25-20/h2-4,7-8,13,16H,5-6,9-12,14H2,1H3,(H,23,25,29). The van der Waals surface area contributed by atoms with E-state index in [0.717, 1.165) is 31.9 Å². The molecule has 150 valence electrons. The van der Waals surface area contributed by atoms with Crippen molar-refractivity contribution < 1.29 is 4.79 Å².